The number of carbonyl (C=O) groups excluding carboxylic acids is 1. The van der Waals surface area contributed by atoms with Crippen molar-refractivity contribution in [3.63, 3.8) is 0 Å². The number of nitrogens with one attached hydrogen (secondary N) is 2. The van der Waals surface area contributed by atoms with Gasteiger partial charge in [0.25, 0.3) is 0 Å². The van der Waals surface area contributed by atoms with Gasteiger partial charge in [0, 0.05) is 19.5 Å². The molecule has 1 heterocycles. The predicted molar refractivity (Wildman–Crippen MR) is 56.2 cm³/mol. The van der Waals surface area contributed by atoms with Crippen LogP contribution in [0.5, 0.6) is 0 Å². The van der Waals surface area contributed by atoms with Gasteiger partial charge in [0.1, 0.15) is 0 Å². The van der Waals surface area contributed by atoms with Crippen molar-refractivity contribution >= 4 is 12.0 Å². The molecular weight excluding hydrogens is 228 g/mol. The number of aromatic nitrogens is 2. The Morgan fingerprint density at radius 3 is 2.88 bits per heavy atom. The highest BCUT2D eigenvalue weighted by Gasteiger charge is 2.11. The number of urea groups is 1. The van der Waals surface area contributed by atoms with Crippen LogP contribution in [0.3, 0.4) is 0 Å². The van der Waals surface area contributed by atoms with Gasteiger partial charge in [-0.05, 0) is 0 Å². The number of hydrogen-bond donors (Lipinski definition) is 3. The fourth-order valence-electron chi connectivity index (χ4n) is 0.986. The maximum Gasteiger partial charge on any atom is 0.314 e. The van der Waals surface area contributed by atoms with Gasteiger partial charge < -0.3 is 20.3 Å². The summed E-state index contributed by atoms with van der Waals surface area (Å²) in [5.41, 5.74) is 0. The molecule has 1 rings (SSSR count). The van der Waals surface area contributed by atoms with E-state index >= 15 is 0 Å². The van der Waals surface area contributed by atoms with Crippen molar-refractivity contribution in [1.82, 2.24) is 20.8 Å². The van der Waals surface area contributed by atoms with E-state index in [9.17, 15) is 9.59 Å². The van der Waals surface area contributed by atoms with Crippen molar-refractivity contribution in [3.05, 3.63) is 12.2 Å². The molecule has 0 aliphatic carbocycles. The van der Waals surface area contributed by atoms with Crippen LogP contribution >= 0.6 is 0 Å². The molecule has 1 aromatic rings. The van der Waals surface area contributed by atoms with Gasteiger partial charge in [0.05, 0.1) is 5.92 Å². The quantitative estimate of drug-likeness (QED) is 0.626. The highest BCUT2D eigenvalue weighted by atomic mass is 16.5. The zero-order valence-electron chi connectivity index (χ0n) is 9.34. The fourth-order valence-corrected chi connectivity index (χ4v) is 0.986. The first-order valence-electron chi connectivity index (χ1n) is 5.09. The smallest absolute Gasteiger partial charge is 0.314 e. The Kier molecular flexibility index (Phi) is 4.92. The molecule has 17 heavy (non-hydrogen) atoms. The summed E-state index contributed by atoms with van der Waals surface area (Å²) in [6.07, 6.45) is 1.67. The SMILES string of the molecule is CC(CNC(=O)NCCc1ncon1)C(=O)O. The second kappa shape index (κ2) is 6.46. The molecule has 8 heteroatoms. The first-order chi connectivity index (χ1) is 8.09. The molecule has 0 spiro atoms. The third kappa shape index (κ3) is 4.96. The lowest BCUT2D eigenvalue weighted by Gasteiger charge is -2.09. The van der Waals surface area contributed by atoms with E-state index in [-0.39, 0.29) is 6.54 Å². The molecule has 2 amide bonds. The molecule has 8 nitrogen and oxygen atoms in total. The van der Waals surface area contributed by atoms with Crippen molar-refractivity contribution in [1.29, 1.82) is 0 Å². The molecule has 0 aliphatic heterocycles. The maximum atomic E-state index is 11.2. The molecule has 0 saturated carbocycles. The predicted octanol–water partition coefficient (Wildman–Crippen LogP) is -0.368. The maximum absolute atomic E-state index is 11.2. The van der Waals surface area contributed by atoms with E-state index in [1.165, 1.54) is 13.3 Å². The van der Waals surface area contributed by atoms with Crippen LogP contribution in [0.1, 0.15) is 12.7 Å². The highest BCUT2D eigenvalue weighted by molar-refractivity contribution is 5.75. The lowest BCUT2D eigenvalue weighted by Crippen LogP contribution is -2.40. The molecular formula is C9H14N4O4. The van der Waals surface area contributed by atoms with Crippen molar-refractivity contribution in [2.45, 2.75) is 13.3 Å². The zero-order chi connectivity index (χ0) is 12.7. The van der Waals surface area contributed by atoms with Crippen molar-refractivity contribution < 1.29 is 19.2 Å². The Morgan fingerprint density at radius 1 is 1.53 bits per heavy atom. The summed E-state index contributed by atoms with van der Waals surface area (Å²) in [6.45, 7) is 1.96. The van der Waals surface area contributed by atoms with Crippen molar-refractivity contribution in [3.8, 4) is 0 Å². The largest absolute Gasteiger partial charge is 0.481 e. The Balaban J connectivity index is 2.11. The van der Waals surface area contributed by atoms with Crippen LogP contribution in [0.15, 0.2) is 10.9 Å². The van der Waals surface area contributed by atoms with Crippen LogP contribution in [0.2, 0.25) is 0 Å². The third-order valence-corrected chi connectivity index (χ3v) is 2.03. The minimum Gasteiger partial charge on any atom is -0.481 e. The standard InChI is InChI=1S/C9H14N4O4/c1-6(8(14)15)4-11-9(16)10-3-2-7-12-5-17-13-7/h5-6H,2-4H2,1H3,(H,14,15)(H2,10,11,16). The molecule has 1 atom stereocenters. The Labute approximate surface area is 97.4 Å². The number of amides is 2. The molecule has 94 valence electrons. The first-order valence-corrected chi connectivity index (χ1v) is 5.09. The summed E-state index contributed by atoms with van der Waals surface area (Å²) in [6, 6.07) is -0.415. The third-order valence-electron chi connectivity index (χ3n) is 2.03. The molecule has 0 aromatic carbocycles. The van der Waals surface area contributed by atoms with Gasteiger partial charge in [-0.1, -0.05) is 12.1 Å². The number of hydrogen-bond acceptors (Lipinski definition) is 5. The molecule has 0 radical (unpaired) electrons. The molecule has 1 unspecified atom stereocenters. The van der Waals surface area contributed by atoms with Crippen molar-refractivity contribution in [2.24, 2.45) is 5.92 Å². The van der Waals surface area contributed by atoms with Crippen LogP contribution in [0.4, 0.5) is 4.79 Å². The Hall–Kier alpha value is -2.12. The van der Waals surface area contributed by atoms with Crippen LogP contribution in [0, 0.1) is 5.92 Å². The van der Waals surface area contributed by atoms with Gasteiger partial charge in [-0.15, -0.1) is 0 Å². The normalized spacial score (nSPS) is 11.8. The lowest BCUT2D eigenvalue weighted by molar-refractivity contribution is -0.140. The summed E-state index contributed by atoms with van der Waals surface area (Å²) in [7, 11) is 0. The molecule has 0 saturated heterocycles. The molecule has 3 N–H and O–H groups in total. The van der Waals surface area contributed by atoms with Crippen LogP contribution in [-0.4, -0.2) is 40.3 Å². The van der Waals surface area contributed by atoms with Crippen molar-refractivity contribution in [2.75, 3.05) is 13.1 Å². The molecule has 0 fully saturated rings. The Morgan fingerprint density at radius 2 is 2.29 bits per heavy atom. The topological polar surface area (TPSA) is 117 Å². The van der Waals surface area contributed by atoms with Gasteiger partial charge in [-0.25, -0.2) is 4.79 Å². The second-order valence-electron chi connectivity index (χ2n) is 3.47. The van der Waals surface area contributed by atoms with E-state index in [0.29, 0.717) is 18.8 Å². The van der Waals surface area contributed by atoms with Gasteiger partial charge in [0.15, 0.2) is 5.82 Å². The van der Waals surface area contributed by atoms with Gasteiger partial charge in [-0.2, -0.15) is 4.98 Å². The Bertz CT molecular complexity index is 365. The number of carboxylic acid groups (broad SMARTS) is 1. The lowest BCUT2D eigenvalue weighted by atomic mass is 10.2. The minimum absolute atomic E-state index is 0.0867. The van der Waals surface area contributed by atoms with E-state index in [4.69, 9.17) is 5.11 Å². The number of carboxylic acids is 1. The monoisotopic (exact) mass is 242 g/mol. The zero-order valence-corrected chi connectivity index (χ0v) is 9.34. The van der Waals surface area contributed by atoms with Crippen LogP contribution in [0.25, 0.3) is 0 Å². The number of carbonyl (C=O) groups is 2. The average molecular weight is 242 g/mol. The van der Waals surface area contributed by atoms with E-state index < -0.39 is 17.9 Å². The van der Waals surface area contributed by atoms with E-state index in [0.717, 1.165) is 0 Å². The van der Waals surface area contributed by atoms with Crippen LogP contribution in [-0.2, 0) is 11.2 Å². The molecule has 1 aromatic heterocycles. The summed E-state index contributed by atoms with van der Waals surface area (Å²) < 4.78 is 4.52. The van der Waals surface area contributed by atoms with Crippen LogP contribution < -0.4 is 10.6 Å². The summed E-state index contributed by atoms with van der Waals surface area (Å²) in [4.78, 5) is 25.5. The molecule has 0 bridgehead atoms. The second-order valence-corrected chi connectivity index (χ2v) is 3.47. The van der Waals surface area contributed by atoms with E-state index in [1.54, 1.807) is 0 Å². The summed E-state index contributed by atoms with van der Waals surface area (Å²) >= 11 is 0. The number of nitrogens with zero attached hydrogens (tertiary/aromatic N) is 2. The summed E-state index contributed by atoms with van der Waals surface area (Å²) in [5.74, 6) is -1.06. The van der Waals surface area contributed by atoms with Gasteiger partial charge in [-0.3, -0.25) is 4.79 Å². The van der Waals surface area contributed by atoms with E-state index in [2.05, 4.69) is 25.3 Å². The number of rotatable bonds is 6. The average Bonchev–Trinajstić information content (AvgIpc) is 2.78. The van der Waals surface area contributed by atoms with Gasteiger partial charge >= 0.3 is 12.0 Å². The minimum atomic E-state index is -0.947. The van der Waals surface area contributed by atoms with E-state index in [1.807, 2.05) is 0 Å². The molecule has 0 aliphatic rings. The summed E-state index contributed by atoms with van der Waals surface area (Å²) in [5, 5.41) is 17.2. The van der Waals surface area contributed by atoms with Gasteiger partial charge in [0.2, 0.25) is 6.39 Å². The first kappa shape index (κ1) is 12.9. The number of aliphatic carboxylic acids is 1. The highest BCUT2D eigenvalue weighted by Crippen LogP contribution is 1.91. The fraction of sp³-hybridized carbons (Fsp3) is 0.556.